The number of thiocarbonyl (C=S) groups is 1. The number of ether oxygens (including phenoxy) is 3. The summed E-state index contributed by atoms with van der Waals surface area (Å²) in [6, 6.07) is 21.1. The van der Waals surface area contributed by atoms with Crippen molar-refractivity contribution in [2.45, 2.75) is 25.9 Å². The van der Waals surface area contributed by atoms with Crippen LogP contribution in [-0.2, 0) is 13.0 Å². The van der Waals surface area contributed by atoms with Crippen LogP contribution in [0, 0.1) is 6.92 Å². The molecule has 0 bridgehead atoms. The summed E-state index contributed by atoms with van der Waals surface area (Å²) < 4.78 is 22.9. The van der Waals surface area contributed by atoms with Gasteiger partial charge in [0.25, 0.3) is 0 Å². The van der Waals surface area contributed by atoms with Crippen LogP contribution in [0.3, 0.4) is 0 Å². The van der Waals surface area contributed by atoms with Gasteiger partial charge < -0.3 is 28.8 Å². The maximum atomic E-state index is 11.9. The van der Waals surface area contributed by atoms with Crippen LogP contribution in [0.25, 0.3) is 11.0 Å². The first-order chi connectivity index (χ1) is 18.5. The average molecular weight is 531 g/mol. The molecule has 0 fully saturated rings. The van der Waals surface area contributed by atoms with E-state index in [1.54, 1.807) is 20.3 Å². The zero-order valence-electron chi connectivity index (χ0n) is 21.7. The largest absolute Gasteiger partial charge is 0.493 e. The molecule has 1 aromatic heterocycles. The van der Waals surface area contributed by atoms with Gasteiger partial charge in [-0.15, -0.1) is 0 Å². The molecule has 4 aromatic rings. The van der Waals surface area contributed by atoms with E-state index in [1.165, 1.54) is 11.6 Å². The fraction of sp³-hybridized carbons (Fsp3) is 0.267. The van der Waals surface area contributed by atoms with Gasteiger partial charge in [-0.1, -0.05) is 30.3 Å². The minimum absolute atomic E-state index is 0.172. The van der Waals surface area contributed by atoms with Crippen LogP contribution in [0.15, 0.2) is 75.9 Å². The highest BCUT2D eigenvalue weighted by atomic mass is 32.1. The highest BCUT2D eigenvalue weighted by molar-refractivity contribution is 7.80. The predicted octanol–water partition coefficient (Wildman–Crippen LogP) is 5.17. The Morgan fingerprint density at radius 2 is 1.82 bits per heavy atom. The number of hydrogen-bond acceptors (Lipinski definition) is 6. The Bertz CT molecular complexity index is 1520. The summed E-state index contributed by atoms with van der Waals surface area (Å²) in [4.78, 5) is 14.1. The number of rotatable bonds is 7. The second-order valence-electron chi connectivity index (χ2n) is 9.23. The Hall–Kier alpha value is -4.04. The molecule has 0 saturated carbocycles. The Morgan fingerprint density at radius 1 is 1.05 bits per heavy atom. The zero-order valence-corrected chi connectivity index (χ0v) is 22.5. The average Bonchev–Trinajstić information content (AvgIpc) is 2.93. The lowest BCUT2D eigenvalue weighted by molar-refractivity contribution is 0.187. The van der Waals surface area contributed by atoms with Crippen molar-refractivity contribution < 1.29 is 18.6 Å². The topological polar surface area (TPSA) is 73.2 Å². The van der Waals surface area contributed by atoms with Gasteiger partial charge in [0.2, 0.25) is 0 Å². The van der Waals surface area contributed by atoms with E-state index < -0.39 is 0 Å². The van der Waals surface area contributed by atoms with Crippen molar-refractivity contribution >= 4 is 28.3 Å². The predicted molar refractivity (Wildman–Crippen MR) is 151 cm³/mol. The first-order valence-electron chi connectivity index (χ1n) is 12.5. The molecule has 0 unspecified atom stereocenters. The third-order valence-electron chi connectivity index (χ3n) is 6.88. The summed E-state index contributed by atoms with van der Waals surface area (Å²) in [6.45, 7) is 3.58. The van der Waals surface area contributed by atoms with E-state index in [2.05, 4.69) is 22.3 Å². The van der Waals surface area contributed by atoms with Gasteiger partial charge in [-0.05, 0) is 72.1 Å². The lowest BCUT2D eigenvalue weighted by Crippen LogP contribution is -2.47. The highest BCUT2D eigenvalue weighted by Crippen LogP contribution is 2.38. The first-order valence-corrected chi connectivity index (χ1v) is 12.9. The zero-order chi connectivity index (χ0) is 26.6. The molecule has 1 aliphatic rings. The van der Waals surface area contributed by atoms with Crippen LogP contribution in [0.2, 0.25) is 0 Å². The van der Waals surface area contributed by atoms with Gasteiger partial charge in [0.15, 0.2) is 16.6 Å². The molecule has 2 heterocycles. The molecule has 3 aromatic carbocycles. The number of methoxy groups -OCH3 is 2. The van der Waals surface area contributed by atoms with Crippen LogP contribution in [0.4, 0.5) is 0 Å². The van der Waals surface area contributed by atoms with E-state index in [0.29, 0.717) is 41.1 Å². The van der Waals surface area contributed by atoms with Gasteiger partial charge >= 0.3 is 5.63 Å². The number of fused-ring (bicyclic) bond motifs is 2. The Balaban J connectivity index is 1.43. The van der Waals surface area contributed by atoms with Crippen LogP contribution >= 0.6 is 12.2 Å². The maximum Gasteiger partial charge on any atom is 0.336 e. The van der Waals surface area contributed by atoms with E-state index in [0.717, 1.165) is 35.0 Å². The molecule has 8 heteroatoms. The van der Waals surface area contributed by atoms with Gasteiger partial charge in [-0.25, -0.2) is 4.79 Å². The molecule has 0 saturated heterocycles. The number of benzene rings is 3. The minimum atomic E-state index is -0.379. The van der Waals surface area contributed by atoms with Crippen molar-refractivity contribution in [2.24, 2.45) is 0 Å². The van der Waals surface area contributed by atoms with Crippen molar-refractivity contribution in [1.82, 2.24) is 10.2 Å². The highest BCUT2D eigenvalue weighted by Gasteiger charge is 2.31. The Kier molecular flexibility index (Phi) is 7.51. The van der Waals surface area contributed by atoms with E-state index in [9.17, 15) is 4.79 Å². The second kappa shape index (κ2) is 11.1. The lowest BCUT2D eigenvalue weighted by atomic mass is 9.92. The fourth-order valence-corrected chi connectivity index (χ4v) is 5.19. The molecular weight excluding hydrogens is 500 g/mol. The summed E-state index contributed by atoms with van der Waals surface area (Å²) in [5.41, 5.74) is 4.38. The molecule has 0 aliphatic carbocycles. The van der Waals surface area contributed by atoms with E-state index in [-0.39, 0.29) is 11.7 Å². The second-order valence-corrected chi connectivity index (χ2v) is 9.61. The van der Waals surface area contributed by atoms with E-state index in [1.807, 2.05) is 49.4 Å². The van der Waals surface area contributed by atoms with Crippen molar-refractivity contribution in [2.75, 3.05) is 27.4 Å². The number of hydrogen-bond donors (Lipinski definition) is 1. The van der Waals surface area contributed by atoms with Crippen molar-refractivity contribution in [1.29, 1.82) is 0 Å². The molecule has 0 amide bonds. The van der Waals surface area contributed by atoms with Gasteiger partial charge in [-0.3, -0.25) is 0 Å². The molecule has 38 heavy (non-hydrogen) atoms. The molecule has 1 N–H and O–H groups in total. The molecule has 0 radical (unpaired) electrons. The molecule has 5 rings (SSSR count). The Labute approximate surface area is 226 Å². The molecule has 0 spiro atoms. The van der Waals surface area contributed by atoms with Gasteiger partial charge in [-0.2, -0.15) is 0 Å². The molecule has 1 atom stereocenters. The Morgan fingerprint density at radius 3 is 2.58 bits per heavy atom. The minimum Gasteiger partial charge on any atom is -0.493 e. The van der Waals surface area contributed by atoms with Crippen molar-refractivity contribution in [3.8, 4) is 17.2 Å². The number of nitrogens with one attached hydrogen (secondary N) is 1. The third-order valence-corrected chi connectivity index (χ3v) is 7.26. The summed E-state index contributed by atoms with van der Waals surface area (Å²) in [7, 11) is 3.27. The van der Waals surface area contributed by atoms with E-state index >= 15 is 0 Å². The number of aryl methyl sites for hydroxylation is 1. The lowest BCUT2D eigenvalue weighted by Gasteiger charge is -2.39. The number of nitrogens with zero attached hydrogens (tertiary/aromatic N) is 1. The van der Waals surface area contributed by atoms with Gasteiger partial charge in [0, 0.05) is 30.6 Å². The standard InChI is InChI=1S/C30H30N2O5S/c1-19-13-29(33)37-26-15-22(9-10-23(19)26)36-18-25-24-16-28(35-3)27(34-2)14-21(24)11-12-32(25)30(38)31-17-20-7-5-4-6-8-20/h4-10,13-16,25H,11-12,17-18H2,1-3H3,(H,31,38)/t25-/m0/s1. The summed E-state index contributed by atoms with van der Waals surface area (Å²) in [6.07, 6.45) is 0.805. The quantitative estimate of drug-likeness (QED) is 0.259. The van der Waals surface area contributed by atoms with Crippen molar-refractivity contribution in [3.05, 3.63) is 99.4 Å². The SMILES string of the molecule is COc1cc2c(cc1OC)[C@H](COc1ccc3c(C)cc(=O)oc3c1)N(C(=S)NCc1ccccc1)CC2. The van der Waals surface area contributed by atoms with Gasteiger partial charge in [0.05, 0.1) is 20.3 Å². The van der Waals surface area contributed by atoms with Crippen molar-refractivity contribution in [3.63, 3.8) is 0 Å². The molecule has 1 aliphatic heterocycles. The van der Waals surface area contributed by atoms with Crippen LogP contribution in [0.5, 0.6) is 17.2 Å². The smallest absolute Gasteiger partial charge is 0.336 e. The fourth-order valence-electron chi connectivity index (χ4n) is 4.90. The van der Waals surface area contributed by atoms with Crippen LogP contribution in [-0.4, -0.2) is 37.4 Å². The van der Waals surface area contributed by atoms with Crippen LogP contribution < -0.4 is 25.2 Å². The molecule has 196 valence electrons. The van der Waals surface area contributed by atoms with Gasteiger partial charge in [0.1, 0.15) is 17.9 Å². The van der Waals surface area contributed by atoms with Crippen LogP contribution in [0.1, 0.15) is 28.3 Å². The molecular formula is C30H30N2O5S. The normalized spacial score (nSPS) is 14.6. The molecule has 7 nitrogen and oxygen atoms in total. The third kappa shape index (κ3) is 5.31. The first kappa shape index (κ1) is 25.6. The van der Waals surface area contributed by atoms with E-state index in [4.69, 9.17) is 30.8 Å². The summed E-state index contributed by atoms with van der Waals surface area (Å²) in [5.74, 6) is 1.97. The maximum absolute atomic E-state index is 11.9. The summed E-state index contributed by atoms with van der Waals surface area (Å²) >= 11 is 5.87. The summed E-state index contributed by atoms with van der Waals surface area (Å²) in [5, 5.41) is 4.95. The monoisotopic (exact) mass is 530 g/mol.